The molecule has 0 unspecified atom stereocenters. The van der Waals surface area contributed by atoms with Crippen LogP contribution in [0.2, 0.25) is 0 Å². The number of carboxylic acids is 1. The highest BCUT2D eigenvalue weighted by molar-refractivity contribution is 7.13. The van der Waals surface area contributed by atoms with E-state index in [1.807, 2.05) is 12.1 Å². The first-order chi connectivity index (χ1) is 10.9. The van der Waals surface area contributed by atoms with Crippen molar-refractivity contribution >= 4 is 23.2 Å². The Balaban J connectivity index is 2.10. The highest BCUT2D eigenvalue weighted by Crippen LogP contribution is 2.26. The van der Waals surface area contributed by atoms with Gasteiger partial charge in [-0.25, -0.2) is 4.98 Å². The molecule has 0 saturated carbocycles. The van der Waals surface area contributed by atoms with Gasteiger partial charge < -0.3 is 10.0 Å². The van der Waals surface area contributed by atoms with Crippen molar-refractivity contribution in [1.82, 2.24) is 9.88 Å². The van der Waals surface area contributed by atoms with Crippen molar-refractivity contribution in [2.45, 2.75) is 26.2 Å². The molecule has 1 aromatic heterocycles. The van der Waals surface area contributed by atoms with Crippen molar-refractivity contribution in [3.8, 4) is 10.6 Å². The summed E-state index contributed by atoms with van der Waals surface area (Å²) in [7, 11) is 1.59. The molecule has 0 saturated heterocycles. The lowest BCUT2D eigenvalue weighted by molar-refractivity contribution is -0.137. The fourth-order valence-corrected chi connectivity index (χ4v) is 2.88. The van der Waals surface area contributed by atoms with E-state index in [-0.39, 0.29) is 18.9 Å². The second kappa shape index (κ2) is 7.37. The summed E-state index contributed by atoms with van der Waals surface area (Å²) >= 11 is 1.41. The molecule has 6 heteroatoms. The SMILES string of the molecule is CC(C)c1ccc(-c2nc(C(=O)N(C)CCC(=O)O)cs2)cc1. The maximum Gasteiger partial charge on any atom is 0.305 e. The highest BCUT2D eigenvalue weighted by Gasteiger charge is 2.16. The number of thiazole rings is 1. The van der Waals surface area contributed by atoms with Crippen LogP contribution in [-0.2, 0) is 4.79 Å². The Hall–Kier alpha value is -2.21. The molecule has 1 N–H and O–H groups in total. The fraction of sp³-hybridized carbons (Fsp3) is 0.353. The van der Waals surface area contributed by atoms with E-state index >= 15 is 0 Å². The number of nitrogens with zero attached hydrogens (tertiary/aromatic N) is 2. The summed E-state index contributed by atoms with van der Waals surface area (Å²) < 4.78 is 0. The number of aliphatic carboxylic acids is 1. The minimum absolute atomic E-state index is 0.0735. The van der Waals surface area contributed by atoms with Gasteiger partial charge >= 0.3 is 5.97 Å². The zero-order chi connectivity index (χ0) is 17.0. The monoisotopic (exact) mass is 332 g/mol. The third-order valence-electron chi connectivity index (χ3n) is 3.56. The Morgan fingerprint density at radius 2 is 1.91 bits per heavy atom. The summed E-state index contributed by atoms with van der Waals surface area (Å²) in [6.45, 7) is 4.45. The van der Waals surface area contributed by atoms with Crippen LogP contribution >= 0.6 is 11.3 Å². The molecule has 2 rings (SSSR count). The molecule has 0 bridgehead atoms. The number of hydrogen-bond donors (Lipinski definition) is 1. The number of carboxylic acid groups (broad SMARTS) is 1. The minimum Gasteiger partial charge on any atom is -0.481 e. The summed E-state index contributed by atoms with van der Waals surface area (Å²) in [6, 6.07) is 8.16. The number of rotatable bonds is 6. The van der Waals surface area contributed by atoms with Crippen molar-refractivity contribution in [1.29, 1.82) is 0 Å². The molecule has 2 aromatic rings. The molecule has 122 valence electrons. The van der Waals surface area contributed by atoms with Crippen LogP contribution in [0, 0.1) is 0 Å². The number of carbonyl (C=O) groups excluding carboxylic acids is 1. The van der Waals surface area contributed by atoms with Gasteiger partial charge in [-0.2, -0.15) is 0 Å². The summed E-state index contributed by atoms with van der Waals surface area (Å²) in [4.78, 5) is 28.6. The minimum atomic E-state index is -0.922. The van der Waals surface area contributed by atoms with Gasteiger partial charge in [0.05, 0.1) is 6.42 Å². The maximum absolute atomic E-state index is 12.2. The predicted molar refractivity (Wildman–Crippen MR) is 90.9 cm³/mol. The third-order valence-corrected chi connectivity index (χ3v) is 4.45. The molecule has 0 aliphatic rings. The van der Waals surface area contributed by atoms with E-state index in [1.165, 1.54) is 21.8 Å². The summed E-state index contributed by atoms with van der Waals surface area (Å²) in [5, 5.41) is 11.2. The molecular formula is C17H20N2O3S. The topological polar surface area (TPSA) is 70.5 Å². The van der Waals surface area contributed by atoms with Crippen LogP contribution in [0.3, 0.4) is 0 Å². The van der Waals surface area contributed by atoms with E-state index in [0.717, 1.165) is 10.6 Å². The normalized spacial score (nSPS) is 10.8. The number of benzene rings is 1. The van der Waals surface area contributed by atoms with Gasteiger partial charge in [-0.05, 0) is 11.5 Å². The van der Waals surface area contributed by atoms with Crippen LogP contribution < -0.4 is 0 Å². The van der Waals surface area contributed by atoms with E-state index in [0.29, 0.717) is 11.6 Å². The van der Waals surface area contributed by atoms with Gasteiger partial charge in [-0.15, -0.1) is 11.3 Å². The smallest absolute Gasteiger partial charge is 0.305 e. The molecule has 0 aliphatic heterocycles. The number of carbonyl (C=O) groups is 2. The van der Waals surface area contributed by atoms with Crippen LogP contribution in [0.1, 0.15) is 42.2 Å². The molecule has 0 radical (unpaired) electrons. The Labute approximate surface area is 139 Å². The van der Waals surface area contributed by atoms with Crippen molar-refractivity contribution in [2.24, 2.45) is 0 Å². The van der Waals surface area contributed by atoms with Crippen molar-refractivity contribution in [3.63, 3.8) is 0 Å². The number of hydrogen-bond acceptors (Lipinski definition) is 4. The summed E-state index contributed by atoms with van der Waals surface area (Å²) in [6.07, 6.45) is -0.0735. The zero-order valence-electron chi connectivity index (χ0n) is 13.4. The Kier molecular flexibility index (Phi) is 5.50. The molecule has 1 amide bonds. The van der Waals surface area contributed by atoms with E-state index in [2.05, 4.69) is 31.0 Å². The lowest BCUT2D eigenvalue weighted by Crippen LogP contribution is -2.29. The van der Waals surface area contributed by atoms with Gasteiger partial charge in [-0.3, -0.25) is 9.59 Å². The lowest BCUT2D eigenvalue weighted by atomic mass is 10.0. The van der Waals surface area contributed by atoms with Crippen LogP contribution in [0.15, 0.2) is 29.6 Å². The highest BCUT2D eigenvalue weighted by atomic mass is 32.1. The van der Waals surface area contributed by atoms with Gasteiger partial charge in [0.1, 0.15) is 10.7 Å². The molecule has 0 spiro atoms. The van der Waals surface area contributed by atoms with Crippen molar-refractivity contribution in [3.05, 3.63) is 40.9 Å². The standard InChI is InChI=1S/C17H20N2O3S/c1-11(2)12-4-6-13(7-5-12)16-18-14(10-23-16)17(22)19(3)9-8-15(20)21/h4-7,10-11H,8-9H2,1-3H3,(H,20,21). The van der Waals surface area contributed by atoms with Crippen LogP contribution in [-0.4, -0.2) is 40.5 Å². The largest absolute Gasteiger partial charge is 0.481 e. The first-order valence-corrected chi connectivity index (χ1v) is 8.29. The first kappa shape index (κ1) is 17.1. The lowest BCUT2D eigenvalue weighted by Gasteiger charge is -2.14. The van der Waals surface area contributed by atoms with Crippen LogP contribution in [0.4, 0.5) is 0 Å². The molecule has 5 nitrogen and oxygen atoms in total. The Bertz CT molecular complexity index is 692. The number of amides is 1. The van der Waals surface area contributed by atoms with E-state index in [9.17, 15) is 9.59 Å². The molecule has 0 fully saturated rings. The van der Waals surface area contributed by atoms with Gasteiger partial charge in [0, 0.05) is 24.5 Å². The molecular weight excluding hydrogens is 312 g/mol. The summed E-state index contributed by atoms with van der Waals surface area (Å²) in [5.74, 6) is -0.707. The predicted octanol–water partition coefficient (Wildman–Crippen LogP) is 3.48. The third kappa shape index (κ3) is 4.39. The maximum atomic E-state index is 12.2. The van der Waals surface area contributed by atoms with Crippen molar-refractivity contribution in [2.75, 3.05) is 13.6 Å². The Morgan fingerprint density at radius 1 is 1.26 bits per heavy atom. The van der Waals surface area contributed by atoms with E-state index in [1.54, 1.807) is 12.4 Å². The van der Waals surface area contributed by atoms with Gasteiger partial charge in [0.25, 0.3) is 5.91 Å². The second-order valence-corrected chi connectivity index (χ2v) is 6.54. The average Bonchev–Trinajstić information content (AvgIpc) is 3.01. The van der Waals surface area contributed by atoms with E-state index in [4.69, 9.17) is 5.11 Å². The molecule has 0 atom stereocenters. The van der Waals surface area contributed by atoms with Gasteiger partial charge in [0.15, 0.2) is 0 Å². The van der Waals surface area contributed by atoms with Crippen molar-refractivity contribution < 1.29 is 14.7 Å². The van der Waals surface area contributed by atoms with Gasteiger partial charge in [0.2, 0.25) is 0 Å². The van der Waals surface area contributed by atoms with E-state index < -0.39 is 5.97 Å². The molecule has 1 heterocycles. The average molecular weight is 332 g/mol. The Morgan fingerprint density at radius 3 is 2.48 bits per heavy atom. The van der Waals surface area contributed by atoms with Crippen LogP contribution in [0.5, 0.6) is 0 Å². The molecule has 23 heavy (non-hydrogen) atoms. The first-order valence-electron chi connectivity index (χ1n) is 7.41. The quantitative estimate of drug-likeness (QED) is 0.879. The molecule has 1 aromatic carbocycles. The number of aromatic nitrogens is 1. The van der Waals surface area contributed by atoms with Gasteiger partial charge in [-0.1, -0.05) is 38.1 Å². The zero-order valence-corrected chi connectivity index (χ0v) is 14.3. The summed E-state index contributed by atoms with van der Waals surface area (Å²) in [5.41, 5.74) is 2.59. The molecule has 0 aliphatic carbocycles. The van der Waals surface area contributed by atoms with Crippen LogP contribution in [0.25, 0.3) is 10.6 Å². The fourth-order valence-electron chi connectivity index (χ4n) is 2.08. The second-order valence-electron chi connectivity index (χ2n) is 5.69.